The predicted octanol–water partition coefficient (Wildman–Crippen LogP) is 4.50. The molecule has 0 aliphatic carbocycles. The lowest BCUT2D eigenvalue weighted by atomic mass is 10.1. The van der Waals surface area contributed by atoms with E-state index >= 15 is 0 Å². The van der Waals surface area contributed by atoms with Crippen LogP contribution in [0.2, 0.25) is 5.02 Å². The van der Waals surface area contributed by atoms with E-state index in [2.05, 4.69) is 24.0 Å². The Kier molecular flexibility index (Phi) is 5.53. The summed E-state index contributed by atoms with van der Waals surface area (Å²) >= 11 is 7.33. The zero-order chi connectivity index (χ0) is 16.3. The van der Waals surface area contributed by atoms with Gasteiger partial charge in [0.15, 0.2) is 0 Å². The van der Waals surface area contributed by atoms with Crippen molar-refractivity contribution in [1.29, 1.82) is 0 Å². The Labute approximate surface area is 140 Å². The van der Waals surface area contributed by atoms with E-state index in [4.69, 9.17) is 11.6 Å². The second-order valence-corrected chi connectivity index (χ2v) is 7.29. The largest absolute Gasteiger partial charge is 0.286 e. The van der Waals surface area contributed by atoms with E-state index in [1.807, 2.05) is 38.1 Å². The Morgan fingerprint density at radius 3 is 2.36 bits per heavy atom. The summed E-state index contributed by atoms with van der Waals surface area (Å²) in [5.41, 5.74) is 0.953. The number of carbonyl (C=O) groups excluding carboxylic acids is 1. The molecule has 0 bridgehead atoms. The molecule has 22 heavy (non-hydrogen) atoms. The maximum atomic E-state index is 12.4. The summed E-state index contributed by atoms with van der Waals surface area (Å²) in [5, 5.41) is 10.6. The number of halogens is 1. The average Bonchev–Trinajstić information content (AvgIpc) is 2.94. The van der Waals surface area contributed by atoms with Crippen LogP contribution in [-0.4, -0.2) is 22.6 Å². The zero-order valence-corrected chi connectivity index (χ0v) is 14.8. The summed E-state index contributed by atoms with van der Waals surface area (Å²) in [6.07, 6.45) is 0. The van der Waals surface area contributed by atoms with Crippen LogP contribution in [0.15, 0.2) is 24.3 Å². The second kappa shape index (κ2) is 7.20. The molecule has 118 valence electrons. The maximum Gasteiger partial charge on any atom is 0.231 e. The van der Waals surface area contributed by atoms with Crippen molar-refractivity contribution in [3.63, 3.8) is 0 Å². The number of aromatic nitrogens is 2. The van der Waals surface area contributed by atoms with Crippen LogP contribution < -0.4 is 4.90 Å². The molecule has 0 fully saturated rings. The third-order valence-electron chi connectivity index (χ3n) is 3.04. The van der Waals surface area contributed by atoms with Crippen LogP contribution >= 0.6 is 22.9 Å². The molecule has 0 saturated heterocycles. The van der Waals surface area contributed by atoms with E-state index in [1.165, 1.54) is 11.3 Å². The Balaban J connectivity index is 2.29. The standard InChI is InChI=1S/C16H20ClN3OS/c1-10(2)9-20(15(21)11(3)4)16-19-18-14(22-16)12-5-7-13(17)8-6-12/h5-8,10-11H,9H2,1-4H3. The van der Waals surface area contributed by atoms with Gasteiger partial charge < -0.3 is 0 Å². The molecule has 1 aromatic heterocycles. The average molecular weight is 338 g/mol. The van der Waals surface area contributed by atoms with Crippen LogP contribution in [0.25, 0.3) is 10.6 Å². The highest BCUT2D eigenvalue weighted by atomic mass is 35.5. The third-order valence-corrected chi connectivity index (χ3v) is 4.29. The molecule has 0 atom stereocenters. The Morgan fingerprint density at radius 2 is 1.82 bits per heavy atom. The molecule has 0 aliphatic heterocycles. The van der Waals surface area contributed by atoms with Gasteiger partial charge in [-0.05, 0) is 18.1 Å². The van der Waals surface area contributed by atoms with Crippen LogP contribution in [0.1, 0.15) is 27.7 Å². The quantitative estimate of drug-likeness (QED) is 0.806. The summed E-state index contributed by atoms with van der Waals surface area (Å²) in [7, 11) is 0. The van der Waals surface area contributed by atoms with Crippen molar-refractivity contribution in [2.75, 3.05) is 11.4 Å². The number of benzene rings is 1. The summed E-state index contributed by atoms with van der Waals surface area (Å²) in [4.78, 5) is 14.2. The van der Waals surface area contributed by atoms with Gasteiger partial charge in [-0.3, -0.25) is 9.69 Å². The van der Waals surface area contributed by atoms with Gasteiger partial charge in [-0.1, -0.05) is 62.8 Å². The Hall–Kier alpha value is -1.46. The summed E-state index contributed by atoms with van der Waals surface area (Å²) < 4.78 is 0. The van der Waals surface area contributed by atoms with Crippen molar-refractivity contribution >= 4 is 34.0 Å². The molecule has 0 aliphatic rings. The van der Waals surface area contributed by atoms with Crippen molar-refractivity contribution < 1.29 is 4.79 Å². The van der Waals surface area contributed by atoms with Crippen LogP contribution in [0.5, 0.6) is 0 Å². The van der Waals surface area contributed by atoms with Gasteiger partial charge in [0.1, 0.15) is 5.01 Å². The second-order valence-electron chi connectivity index (χ2n) is 5.89. The van der Waals surface area contributed by atoms with Gasteiger partial charge in [0.05, 0.1) is 0 Å². The highest BCUT2D eigenvalue weighted by Crippen LogP contribution is 2.30. The summed E-state index contributed by atoms with van der Waals surface area (Å²) in [5.74, 6) is 0.375. The summed E-state index contributed by atoms with van der Waals surface area (Å²) in [6, 6.07) is 7.46. The van der Waals surface area contributed by atoms with E-state index in [-0.39, 0.29) is 11.8 Å². The van der Waals surface area contributed by atoms with E-state index in [0.717, 1.165) is 10.6 Å². The number of carbonyl (C=O) groups is 1. The SMILES string of the molecule is CC(C)CN(C(=O)C(C)C)c1nnc(-c2ccc(Cl)cc2)s1. The third kappa shape index (κ3) is 4.05. The van der Waals surface area contributed by atoms with Crippen molar-refractivity contribution in [3.8, 4) is 10.6 Å². The van der Waals surface area contributed by atoms with Gasteiger partial charge >= 0.3 is 0 Å². The molecule has 2 rings (SSSR count). The van der Waals surface area contributed by atoms with Crippen LogP contribution in [0, 0.1) is 11.8 Å². The molecule has 0 spiro atoms. The molecule has 1 amide bonds. The lowest BCUT2D eigenvalue weighted by molar-refractivity contribution is -0.121. The maximum absolute atomic E-state index is 12.4. The molecule has 4 nitrogen and oxygen atoms in total. The number of anilines is 1. The molecule has 0 unspecified atom stereocenters. The highest BCUT2D eigenvalue weighted by Gasteiger charge is 2.23. The topological polar surface area (TPSA) is 46.1 Å². The highest BCUT2D eigenvalue weighted by molar-refractivity contribution is 7.18. The zero-order valence-electron chi connectivity index (χ0n) is 13.2. The lowest BCUT2D eigenvalue weighted by Crippen LogP contribution is -2.37. The Morgan fingerprint density at radius 1 is 1.18 bits per heavy atom. The van der Waals surface area contributed by atoms with E-state index in [0.29, 0.717) is 22.6 Å². The van der Waals surface area contributed by atoms with Crippen molar-refractivity contribution in [2.45, 2.75) is 27.7 Å². The van der Waals surface area contributed by atoms with Gasteiger partial charge in [-0.2, -0.15) is 0 Å². The minimum atomic E-state index is -0.0679. The molecule has 1 aromatic carbocycles. The fourth-order valence-corrected chi connectivity index (χ4v) is 2.96. The van der Waals surface area contributed by atoms with Crippen LogP contribution in [0.3, 0.4) is 0 Å². The first kappa shape index (κ1) is 16.9. The molecule has 1 heterocycles. The number of hydrogen-bond acceptors (Lipinski definition) is 4. The normalized spacial score (nSPS) is 11.2. The van der Waals surface area contributed by atoms with E-state index in [9.17, 15) is 4.79 Å². The van der Waals surface area contributed by atoms with Gasteiger partial charge in [-0.25, -0.2) is 0 Å². The van der Waals surface area contributed by atoms with Gasteiger partial charge in [0.25, 0.3) is 0 Å². The van der Waals surface area contributed by atoms with Gasteiger partial charge in [-0.15, -0.1) is 10.2 Å². The smallest absolute Gasteiger partial charge is 0.231 e. The number of rotatable bonds is 5. The molecule has 2 aromatic rings. The lowest BCUT2D eigenvalue weighted by Gasteiger charge is -2.23. The minimum absolute atomic E-state index is 0.0679. The first-order valence-electron chi connectivity index (χ1n) is 7.29. The minimum Gasteiger partial charge on any atom is -0.286 e. The van der Waals surface area contributed by atoms with Crippen molar-refractivity contribution in [1.82, 2.24) is 10.2 Å². The number of nitrogens with zero attached hydrogens (tertiary/aromatic N) is 3. The molecular formula is C16H20ClN3OS. The molecular weight excluding hydrogens is 318 g/mol. The fourth-order valence-electron chi connectivity index (χ4n) is 1.97. The van der Waals surface area contributed by atoms with Crippen molar-refractivity contribution in [3.05, 3.63) is 29.3 Å². The predicted molar refractivity (Wildman–Crippen MR) is 92.4 cm³/mol. The first-order valence-corrected chi connectivity index (χ1v) is 8.48. The van der Waals surface area contributed by atoms with Gasteiger partial charge in [0.2, 0.25) is 11.0 Å². The monoisotopic (exact) mass is 337 g/mol. The molecule has 0 saturated carbocycles. The number of amides is 1. The number of hydrogen-bond donors (Lipinski definition) is 0. The first-order chi connectivity index (χ1) is 10.4. The van der Waals surface area contributed by atoms with Crippen molar-refractivity contribution in [2.24, 2.45) is 11.8 Å². The Bertz CT molecular complexity index is 637. The van der Waals surface area contributed by atoms with E-state index in [1.54, 1.807) is 4.90 Å². The van der Waals surface area contributed by atoms with Crippen LogP contribution in [-0.2, 0) is 4.79 Å². The summed E-state index contributed by atoms with van der Waals surface area (Å²) in [6.45, 7) is 8.61. The fraction of sp³-hybridized carbons (Fsp3) is 0.438. The molecule has 0 N–H and O–H groups in total. The molecule has 0 radical (unpaired) electrons. The van der Waals surface area contributed by atoms with Gasteiger partial charge in [0, 0.05) is 23.0 Å². The van der Waals surface area contributed by atoms with E-state index < -0.39 is 0 Å². The van der Waals surface area contributed by atoms with Crippen LogP contribution in [0.4, 0.5) is 5.13 Å². The molecule has 6 heteroatoms.